The molecule has 1 heterocycles. The van der Waals surface area contributed by atoms with Gasteiger partial charge in [-0.3, -0.25) is 4.98 Å². The smallest absolute Gasteiger partial charge is 0.208 e. The third kappa shape index (κ3) is 4.64. The van der Waals surface area contributed by atoms with Gasteiger partial charge in [0.15, 0.2) is 0 Å². The van der Waals surface area contributed by atoms with Crippen LogP contribution in [0.3, 0.4) is 0 Å². The second kappa shape index (κ2) is 7.03. The monoisotopic (exact) mass is 318 g/mol. The Labute approximate surface area is 132 Å². The van der Waals surface area contributed by atoms with E-state index in [-0.39, 0.29) is 5.92 Å². The molecule has 0 aliphatic carbocycles. The zero-order valence-electron chi connectivity index (χ0n) is 13.2. The molecular weight excluding hydrogens is 296 g/mol. The van der Waals surface area contributed by atoms with Gasteiger partial charge in [-0.2, -0.15) is 0 Å². The van der Waals surface area contributed by atoms with Crippen molar-refractivity contribution in [3.63, 3.8) is 0 Å². The highest BCUT2D eigenvalue weighted by atomic mass is 32.2. The molecule has 0 bridgehead atoms. The molecule has 1 N–H and O–H groups in total. The molecule has 1 aromatic carbocycles. The molecular formula is C17H22N2O2S. The van der Waals surface area contributed by atoms with Gasteiger partial charge in [-0.15, -0.1) is 0 Å². The number of aromatic nitrogens is 1. The molecule has 4 nitrogen and oxygen atoms in total. The van der Waals surface area contributed by atoms with Crippen molar-refractivity contribution in [1.82, 2.24) is 9.71 Å². The van der Waals surface area contributed by atoms with Crippen LogP contribution in [0.5, 0.6) is 0 Å². The highest BCUT2D eigenvalue weighted by Crippen LogP contribution is 2.24. The lowest BCUT2D eigenvalue weighted by molar-refractivity contribution is 0.582. The van der Waals surface area contributed by atoms with E-state index < -0.39 is 10.0 Å². The molecule has 0 aliphatic heterocycles. The molecule has 0 spiro atoms. The maximum Gasteiger partial charge on any atom is 0.208 e. The van der Waals surface area contributed by atoms with Crippen LogP contribution < -0.4 is 4.72 Å². The van der Waals surface area contributed by atoms with Crippen LogP contribution in [0.1, 0.15) is 42.5 Å². The Morgan fingerprint density at radius 2 is 1.68 bits per heavy atom. The van der Waals surface area contributed by atoms with Crippen molar-refractivity contribution in [2.75, 3.05) is 12.8 Å². The van der Waals surface area contributed by atoms with Gasteiger partial charge in [-0.25, -0.2) is 13.1 Å². The quantitative estimate of drug-likeness (QED) is 0.891. The number of sulfonamides is 1. The van der Waals surface area contributed by atoms with Crippen LogP contribution in [0, 0.1) is 0 Å². The summed E-state index contributed by atoms with van der Waals surface area (Å²) in [5.74, 6) is 0.369. The Kier molecular flexibility index (Phi) is 5.32. The Morgan fingerprint density at radius 3 is 2.18 bits per heavy atom. The SMILES string of the molecule is CC(C)c1ccc(C(CNS(C)(=O)=O)c2ccccn2)cc1. The first-order chi connectivity index (χ1) is 10.4. The largest absolute Gasteiger partial charge is 0.261 e. The van der Waals surface area contributed by atoms with Crippen LogP contribution in [-0.4, -0.2) is 26.2 Å². The summed E-state index contributed by atoms with van der Waals surface area (Å²) in [6.07, 6.45) is 2.90. The number of pyridine rings is 1. The predicted octanol–water partition coefficient (Wildman–Crippen LogP) is 2.89. The first-order valence-electron chi connectivity index (χ1n) is 7.32. The van der Waals surface area contributed by atoms with Gasteiger partial charge in [0.1, 0.15) is 0 Å². The van der Waals surface area contributed by atoms with E-state index in [1.54, 1.807) is 6.20 Å². The Balaban J connectivity index is 2.31. The van der Waals surface area contributed by atoms with Crippen molar-refractivity contribution in [1.29, 1.82) is 0 Å². The standard InChI is InChI=1S/C17H22N2O2S/c1-13(2)14-7-9-15(10-8-14)16(12-19-22(3,20)21)17-6-4-5-11-18-17/h4-11,13,16,19H,12H2,1-3H3. The Hall–Kier alpha value is -1.72. The van der Waals surface area contributed by atoms with Gasteiger partial charge in [0.05, 0.1) is 6.26 Å². The van der Waals surface area contributed by atoms with Crippen molar-refractivity contribution in [3.8, 4) is 0 Å². The summed E-state index contributed by atoms with van der Waals surface area (Å²) in [7, 11) is -3.23. The van der Waals surface area contributed by atoms with E-state index in [9.17, 15) is 8.42 Å². The molecule has 1 atom stereocenters. The molecule has 2 rings (SSSR count). The number of nitrogens with one attached hydrogen (secondary N) is 1. The highest BCUT2D eigenvalue weighted by Gasteiger charge is 2.17. The summed E-state index contributed by atoms with van der Waals surface area (Å²) in [5.41, 5.74) is 3.18. The fraction of sp³-hybridized carbons (Fsp3) is 0.353. The normalized spacial score (nSPS) is 13.3. The maximum atomic E-state index is 11.4. The average Bonchev–Trinajstić information content (AvgIpc) is 2.48. The first kappa shape index (κ1) is 16.6. The summed E-state index contributed by atoms with van der Waals surface area (Å²) < 4.78 is 25.4. The minimum atomic E-state index is -3.23. The molecule has 2 aromatic rings. The molecule has 5 heteroatoms. The minimum Gasteiger partial charge on any atom is -0.261 e. The van der Waals surface area contributed by atoms with Crippen LogP contribution in [0.2, 0.25) is 0 Å². The van der Waals surface area contributed by atoms with Gasteiger partial charge in [-0.1, -0.05) is 44.2 Å². The molecule has 0 saturated carbocycles. The molecule has 0 amide bonds. The van der Waals surface area contributed by atoms with Gasteiger partial charge in [0.25, 0.3) is 0 Å². The van der Waals surface area contributed by atoms with Crippen LogP contribution in [0.25, 0.3) is 0 Å². The summed E-state index contributed by atoms with van der Waals surface area (Å²) in [5, 5.41) is 0. The van der Waals surface area contributed by atoms with Crippen molar-refractivity contribution in [2.24, 2.45) is 0 Å². The summed E-state index contributed by atoms with van der Waals surface area (Å²) >= 11 is 0. The van der Waals surface area contributed by atoms with Gasteiger partial charge in [0.2, 0.25) is 10.0 Å². The number of benzene rings is 1. The van der Waals surface area contributed by atoms with Crippen molar-refractivity contribution < 1.29 is 8.42 Å². The topological polar surface area (TPSA) is 59.1 Å². The van der Waals surface area contributed by atoms with Gasteiger partial charge < -0.3 is 0 Å². The Morgan fingerprint density at radius 1 is 1.05 bits per heavy atom. The molecule has 0 radical (unpaired) electrons. The fourth-order valence-corrected chi connectivity index (χ4v) is 2.79. The van der Waals surface area contributed by atoms with Gasteiger partial charge in [0, 0.05) is 24.4 Å². The minimum absolute atomic E-state index is 0.0999. The van der Waals surface area contributed by atoms with Crippen molar-refractivity contribution in [2.45, 2.75) is 25.7 Å². The van der Waals surface area contributed by atoms with E-state index in [2.05, 4.69) is 47.8 Å². The lowest BCUT2D eigenvalue weighted by Gasteiger charge is -2.18. The molecule has 0 saturated heterocycles. The lowest BCUT2D eigenvalue weighted by atomic mass is 9.92. The van der Waals surface area contributed by atoms with E-state index in [0.29, 0.717) is 12.5 Å². The van der Waals surface area contributed by atoms with Crippen LogP contribution in [0.4, 0.5) is 0 Å². The molecule has 22 heavy (non-hydrogen) atoms. The van der Waals surface area contributed by atoms with E-state index in [4.69, 9.17) is 0 Å². The second-order valence-electron chi connectivity index (χ2n) is 5.75. The molecule has 0 aliphatic rings. The number of rotatable bonds is 6. The predicted molar refractivity (Wildman–Crippen MR) is 89.5 cm³/mol. The number of hydrogen-bond donors (Lipinski definition) is 1. The van der Waals surface area contributed by atoms with Crippen LogP contribution in [-0.2, 0) is 10.0 Å². The zero-order chi connectivity index (χ0) is 16.2. The maximum absolute atomic E-state index is 11.4. The fourth-order valence-electron chi connectivity index (χ4n) is 2.32. The van der Waals surface area contributed by atoms with E-state index >= 15 is 0 Å². The number of nitrogens with zero attached hydrogens (tertiary/aromatic N) is 1. The average molecular weight is 318 g/mol. The summed E-state index contributed by atoms with van der Waals surface area (Å²) in [6.45, 7) is 4.60. The lowest BCUT2D eigenvalue weighted by Crippen LogP contribution is -2.28. The summed E-state index contributed by atoms with van der Waals surface area (Å²) in [6, 6.07) is 14.0. The third-order valence-electron chi connectivity index (χ3n) is 3.60. The molecule has 0 fully saturated rings. The van der Waals surface area contributed by atoms with Crippen molar-refractivity contribution >= 4 is 10.0 Å². The van der Waals surface area contributed by atoms with Crippen LogP contribution in [0.15, 0.2) is 48.7 Å². The van der Waals surface area contributed by atoms with Crippen LogP contribution >= 0.6 is 0 Å². The van der Waals surface area contributed by atoms with E-state index in [0.717, 1.165) is 11.3 Å². The highest BCUT2D eigenvalue weighted by molar-refractivity contribution is 7.88. The van der Waals surface area contributed by atoms with E-state index in [1.165, 1.54) is 11.8 Å². The first-order valence-corrected chi connectivity index (χ1v) is 9.21. The molecule has 118 valence electrons. The third-order valence-corrected chi connectivity index (χ3v) is 4.29. The van der Waals surface area contributed by atoms with E-state index in [1.807, 2.05) is 18.2 Å². The summed E-state index contributed by atoms with van der Waals surface area (Å²) in [4.78, 5) is 4.38. The zero-order valence-corrected chi connectivity index (χ0v) is 14.0. The molecule has 1 unspecified atom stereocenters. The van der Waals surface area contributed by atoms with Gasteiger partial charge >= 0.3 is 0 Å². The number of hydrogen-bond acceptors (Lipinski definition) is 3. The van der Waals surface area contributed by atoms with Gasteiger partial charge in [-0.05, 0) is 29.2 Å². The van der Waals surface area contributed by atoms with Crippen molar-refractivity contribution in [3.05, 3.63) is 65.5 Å². The Bertz CT molecular complexity index is 695. The molecule has 1 aromatic heterocycles. The second-order valence-corrected chi connectivity index (χ2v) is 7.58.